The molecule has 0 aliphatic heterocycles. The molecular weight excluding hydrogens is 274 g/mol. The fourth-order valence-corrected chi connectivity index (χ4v) is 5.81. The minimum atomic E-state index is -0.421. The fourth-order valence-electron chi connectivity index (χ4n) is 5.81. The maximum atomic E-state index is 10.2. The van der Waals surface area contributed by atoms with E-state index in [0.717, 1.165) is 49.7 Å². The molecule has 22 heavy (non-hydrogen) atoms. The maximum Gasteiger partial charge on any atom is 0.115 e. The van der Waals surface area contributed by atoms with E-state index in [-0.39, 0.29) is 11.5 Å². The summed E-state index contributed by atoms with van der Waals surface area (Å²) in [5.74, 6) is 1.07. The Bertz CT molecular complexity index is 664. The number of aliphatic hydroxyl groups excluding tert-OH is 1. The number of nitrogens with zero attached hydrogens (tertiary/aromatic N) is 1. The molecule has 1 aromatic carbocycles. The van der Waals surface area contributed by atoms with E-state index < -0.39 is 5.41 Å². The van der Waals surface area contributed by atoms with Crippen LogP contribution in [0.3, 0.4) is 0 Å². The summed E-state index contributed by atoms with van der Waals surface area (Å²) in [6.07, 6.45) is 5.35. The first-order chi connectivity index (χ1) is 10.5. The van der Waals surface area contributed by atoms with E-state index >= 15 is 0 Å². The fraction of sp³-hybridized carbons (Fsp3) is 0.632. The smallest absolute Gasteiger partial charge is 0.115 e. The summed E-state index contributed by atoms with van der Waals surface area (Å²) in [6.45, 7) is 2.31. The van der Waals surface area contributed by atoms with Crippen molar-refractivity contribution in [3.63, 3.8) is 0 Å². The van der Waals surface area contributed by atoms with Gasteiger partial charge in [-0.25, -0.2) is 0 Å². The summed E-state index contributed by atoms with van der Waals surface area (Å²) in [4.78, 5) is 0. The minimum absolute atomic E-state index is 0.193. The highest BCUT2D eigenvalue weighted by Crippen LogP contribution is 2.63. The second kappa shape index (κ2) is 4.49. The van der Waals surface area contributed by atoms with E-state index in [1.54, 1.807) is 6.07 Å². The van der Waals surface area contributed by atoms with E-state index in [4.69, 9.17) is 0 Å². The average Bonchev–Trinajstić information content (AvgIpc) is 2.80. The van der Waals surface area contributed by atoms with Crippen molar-refractivity contribution in [1.29, 1.82) is 5.26 Å². The number of benzene rings is 1. The quantitative estimate of drug-likeness (QED) is 0.772. The molecule has 2 N–H and O–H groups in total. The molecule has 3 aliphatic rings. The largest absolute Gasteiger partial charge is 0.508 e. The van der Waals surface area contributed by atoms with Gasteiger partial charge in [0.1, 0.15) is 5.75 Å². The Morgan fingerprint density at radius 3 is 2.86 bits per heavy atom. The molecule has 116 valence electrons. The lowest BCUT2D eigenvalue weighted by Gasteiger charge is -2.53. The van der Waals surface area contributed by atoms with Gasteiger partial charge in [0.05, 0.1) is 17.6 Å². The van der Waals surface area contributed by atoms with Gasteiger partial charge >= 0.3 is 0 Å². The normalized spacial score (nSPS) is 42.9. The van der Waals surface area contributed by atoms with Gasteiger partial charge in [-0.2, -0.15) is 5.26 Å². The molecule has 0 aromatic heterocycles. The standard InChI is InChI=1S/C19H23NO2/c1-18-6-7-19(11-20)15-5-3-13(21)8-12(15)2-4-16(19)17(18)9-14(22)10-18/h3,5,8,14,16-17,21-22H,2,4,6-7,9-10H2,1H3/t14-,16+,17+,18-,19+/m1/s1. The molecule has 2 fully saturated rings. The van der Waals surface area contributed by atoms with Crippen LogP contribution in [-0.2, 0) is 11.8 Å². The second-order valence-electron chi connectivity index (χ2n) is 7.92. The lowest BCUT2D eigenvalue weighted by molar-refractivity contribution is 0.0309. The van der Waals surface area contributed by atoms with Crippen molar-refractivity contribution in [1.82, 2.24) is 0 Å². The second-order valence-corrected chi connectivity index (χ2v) is 7.92. The Hall–Kier alpha value is -1.53. The van der Waals surface area contributed by atoms with Crippen molar-refractivity contribution in [3.05, 3.63) is 29.3 Å². The Balaban J connectivity index is 1.83. The first kappa shape index (κ1) is 14.1. The minimum Gasteiger partial charge on any atom is -0.508 e. The van der Waals surface area contributed by atoms with Crippen molar-refractivity contribution in [3.8, 4) is 11.8 Å². The summed E-state index contributed by atoms with van der Waals surface area (Å²) >= 11 is 0. The van der Waals surface area contributed by atoms with Gasteiger partial charge in [-0.3, -0.25) is 0 Å². The van der Waals surface area contributed by atoms with Gasteiger partial charge in [-0.05, 0) is 79.0 Å². The Morgan fingerprint density at radius 1 is 1.27 bits per heavy atom. The first-order valence-electron chi connectivity index (χ1n) is 8.40. The van der Waals surface area contributed by atoms with Crippen molar-refractivity contribution in [2.45, 2.75) is 57.0 Å². The number of fused-ring (bicyclic) bond motifs is 5. The number of aromatic hydroxyl groups is 1. The number of aryl methyl sites for hydroxylation is 1. The van der Waals surface area contributed by atoms with Gasteiger partial charge in [0.15, 0.2) is 0 Å². The summed E-state index contributed by atoms with van der Waals surface area (Å²) in [5, 5.41) is 30.0. The summed E-state index contributed by atoms with van der Waals surface area (Å²) in [5.41, 5.74) is 2.04. The monoisotopic (exact) mass is 297 g/mol. The molecule has 0 heterocycles. The van der Waals surface area contributed by atoms with Crippen LogP contribution in [0, 0.1) is 28.6 Å². The number of aliphatic hydroxyl groups is 1. The number of hydrogen-bond donors (Lipinski definition) is 2. The molecule has 1 aromatic rings. The third-order valence-corrected chi connectivity index (χ3v) is 6.83. The first-order valence-corrected chi connectivity index (χ1v) is 8.40. The number of hydrogen-bond acceptors (Lipinski definition) is 3. The molecule has 4 rings (SSSR count). The zero-order chi connectivity index (χ0) is 15.5. The van der Waals surface area contributed by atoms with Crippen LogP contribution in [0.1, 0.15) is 50.2 Å². The molecule has 2 saturated carbocycles. The topological polar surface area (TPSA) is 64.2 Å². The zero-order valence-corrected chi connectivity index (χ0v) is 13.0. The van der Waals surface area contributed by atoms with Crippen LogP contribution in [0.15, 0.2) is 18.2 Å². The lowest BCUT2D eigenvalue weighted by Crippen LogP contribution is -2.50. The Morgan fingerprint density at radius 2 is 2.09 bits per heavy atom. The molecule has 0 unspecified atom stereocenters. The molecular formula is C19H23NO2. The predicted molar refractivity (Wildman–Crippen MR) is 83.3 cm³/mol. The van der Waals surface area contributed by atoms with Gasteiger partial charge in [0.2, 0.25) is 0 Å². The van der Waals surface area contributed by atoms with Crippen molar-refractivity contribution >= 4 is 0 Å². The van der Waals surface area contributed by atoms with Gasteiger partial charge in [-0.15, -0.1) is 0 Å². The highest BCUT2D eigenvalue weighted by Gasteiger charge is 2.59. The molecule has 0 amide bonds. The van der Waals surface area contributed by atoms with Gasteiger partial charge in [0, 0.05) is 0 Å². The molecule has 0 spiro atoms. The van der Waals surface area contributed by atoms with E-state index in [2.05, 4.69) is 13.0 Å². The van der Waals surface area contributed by atoms with Crippen LogP contribution in [0.25, 0.3) is 0 Å². The van der Waals surface area contributed by atoms with E-state index in [9.17, 15) is 15.5 Å². The average molecular weight is 297 g/mol. The summed E-state index contributed by atoms with van der Waals surface area (Å²) < 4.78 is 0. The molecule has 3 heteroatoms. The van der Waals surface area contributed by atoms with Crippen LogP contribution >= 0.6 is 0 Å². The molecule has 0 bridgehead atoms. The number of phenols is 1. The number of nitriles is 1. The van der Waals surface area contributed by atoms with Crippen LogP contribution in [0.4, 0.5) is 0 Å². The summed E-state index contributed by atoms with van der Waals surface area (Å²) in [7, 11) is 0. The Kier molecular flexibility index (Phi) is 2.87. The van der Waals surface area contributed by atoms with Crippen LogP contribution < -0.4 is 0 Å². The molecule has 0 saturated heterocycles. The van der Waals surface area contributed by atoms with Crippen LogP contribution in [0.2, 0.25) is 0 Å². The van der Waals surface area contributed by atoms with Crippen LogP contribution in [0.5, 0.6) is 5.75 Å². The van der Waals surface area contributed by atoms with Gasteiger partial charge < -0.3 is 10.2 Å². The van der Waals surface area contributed by atoms with Gasteiger partial charge in [0.25, 0.3) is 0 Å². The SMILES string of the molecule is C[C@]12CC[C@]3(C#N)c4ccc(O)cc4CC[C@H]3[C@@H]1C[C@@H](O)C2. The van der Waals surface area contributed by atoms with Gasteiger partial charge in [-0.1, -0.05) is 13.0 Å². The van der Waals surface area contributed by atoms with E-state index in [1.165, 1.54) is 0 Å². The highest BCUT2D eigenvalue weighted by atomic mass is 16.3. The molecule has 0 radical (unpaired) electrons. The highest BCUT2D eigenvalue weighted by molar-refractivity contribution is 5.47. The van der Waals surface area contributed by atoms with E-state index in [1.807, 2.05) is 12.1 Å². The van der Waals surface area contributed by atoms with Crippen LogP contribution in [-0.4, -0.2) is 16.3 Å². The number of phenolic OH excluding ortho intramolecular Hbond substituents is 1. The Labute approximate surface area is 131 Å². The summed E-state index contributed by atoms with van der Waals surface area (Å²) in [6, 6.07) is 8.20. The molecule has 5 atom stereocenters. The third-order valence-electron chi connectivity index (χ3n) is 6.83. The number of rotatable bonds is 0. The van der Waals surface area contributed by atoms with Crippen molar-refractivity contribution in [2.75, 3.05) is 0 Å². The zero-order valence-electron chi connectivity index (χ0n) is 13.0. The maximum absolute atomic E-state index is 10.2. The lowest BCUT2D eigenvalue weighted by atomic mass is 9.49. The molecule has 3 aliphatic carbocycles. The van der Waals surface area contributed by atoms with E-state index in [0.29, 0.717) is 17.6 Å². The van der Waals surface area contributed by atoms with Crippen molar-refractivity contribution in [2.24, 2.45) is 17.3 Å². The third kappa shape index (κ3) is 1.71. The predicted octanol–water partition coefficient (Wildman–Crippen LogP) is 3.29. The molecule has 3 nitrogen and oxygen atoms in total. The van der Waals surface area contributed by atoms with Crippen molar-refractivity contribution < 1.29 is 10.2 Å².